The van der Waals surface area contributed by atoms with E-state index in [0.717, 1.165) is 28.7 Å². The molecular weight excluding hydrogens is 473 g/mol. The lowest BCUT2D eigenvalue weighted by Gasteiger charge is -2.16. The number of carbonyl (C=O) groups excluding carboxylic acids is 3. The van der Waals surface area contributed by atoms with Gasteiger partial charge in [-0.3, -0.25) is 14.4 Å². The molecule has 0 bridgehead atoms. The fourth-order valence-corrected chi connectivity index (χ4v) is 4.92. The average molecular weight is 500 g/mol. The van der Waals surface area contributed by atoms with Crippen molar-refractivity contribution in [3.63, 3.8) is 0 Å². The number of aryl methyl sites for hydroxylation is 1. The van der Waals surface area contributed by atoms with Gasteiger partial charge in [-0.2, -0.15) is 5.10 Å². The number of hydrogen-bond acceptors (Lipinski definition) is 5. The van der Waals surface area contributed by atoms with E-state index in [0.29, 0.717) is 23.2 Å². The minimum Gasteiger partial charge on any atom is -0.347 e. The van der Waals surface area contributed by atoms with Crippen LogP contribution in [0.5, 0.6) is 0 Å². The van der Waals surface area contributed by atoms with E-state index in [4.69, 9.17) is 0 Å². The van der Waals surface area contributed by atoms with Crippen LogP contribution in [0, 0.1) is 19.7 Å². The summed E-state index contributed by atoms with van der Waals surface area (Å²) in [6.07, 6.45) is 2.98. The molecule has 0 saturated carbocycles. The summed E-state index contributed by atoms with van der Waals surface area (Å²) in [4.78, 5) is 42.6. The van der Waals surface area contributed by atoms with E-state index in [2.05, 4.69) is 20.7 Å². The Morgan fingerprint density at radius 3 is 2.65 bits per heavy atom. The van der Waals surface area contributed by atoms with Gasteiger partial charge < -0.3 is 10.6 Å². The van der Waals surface area contributed by atoms with Gasteiger partial charge in [0.25, 0.3) is 11.8 Å². The standard InChI is InChI=1S/C28H26FN5O3/c1-15-12-18(4-8-22(15)29)14-30-27(36)24-13-25(34-26(32-24)10-11-31-34)28(37)33-23-9-7-20-16(2)19(17(3)35)5-6-21(20)23/h4-6,8,10-13,23H,7,9,14H2,1-3H3,(H,30,36)(H,33,37)/t23-/m0/s1. The third kappa shape index (κ3) is 4.60. The van der Waals surface area contributed by atoms with Crippen LogP contribution in [0.3, 0.4) is 0 Å². The second-order valence-corrected chi connectivity index (χ2v) is 9.32. The summed E-state index contributed by atoms with van der Waals surface area (Å²) in [6.45, 7) is 5.34. The van der Waals surface area contributed by atoms with Gasteiger partial charge in [-0.05, 0) is 67.5 Å². The minimum atomic E-state index is -0.460. The molecule has 188 valence electrons. The zero-order valence-corrected chi connectivity index (χ0v) is 20.8. The number of nitrogens with one attached hydrogen (secondary N) is 2. The molecular formula is C28H26FN5O3. The number of hydrogen-bond donors (Lipinski definition) is 2. The van der Waals surface area contributed by atoms with E-state index in [1.807, 2.05) is 19.1 Å². The Bertz CT molecular complexity index is 1580. The van der Waals surface area contributed by atoms with Gasteiger partial charge in [0.15, 0.2) is 11.4 Å². The fraction of sp³-hybridized carbons (Fsp3) is 0.250. The number of benzene rings is 2. The SMILES string of the molecule is CC(=O)c1ccc2c(c1C)CC[C@@H]2NC(=O)c1cc(C(=O)NCc2ccc(F)c(C)c2)nc2ccnn12. The maximum Gasteiger partial charge on any atom is 0.270 e. The smallest absolute Gasteiger partial charge is 0.270 e. The molecule has 2 N–H and O–H groups in total. The molecule has 5 rings (SSSR count). The normalized spacial score (nSPS) is 14.4. The molecule has 0 fully saturated rings. The summed E-state index contributed by atoms with van der Waals surface area (Å²) in [7, 11) is 0. The van der Waals surface area contributed by atoms with E-state index in [9.17, 15) is 18.8 Å². The molecule has 37 heavy (non-hydrogen) atoms. The largest absolute Gasteiger partial charge is 0.347 e. The Labute approximate surface area is 212 Å². The summed E-state index contributed by atoms with van der Waals surface area (Å²) in [6, 6.07) is 11.2. The lowest BCUT2D eigenvalue weighted by atomic mass is 9.96. The first-order valence-electron chi connectivity index (χ1n) is 12.0. The summed E-state index contributed by atoms with van der Waals surface area (Å²) in [5, 5.41) is 10.0. The van der Waals surface area contributed by atoms with Crippen LogP contribution >= 0.6 is 0 Å². The molecule has 2 aromatic heterocycles. The van der Waals surface area contributed by atoms with Crippen molar-refractivity contribution in [3.05, 3.63) is 99.2 Å². The Kier molecular flexibility index (Phi) is 6.29. The van der Waals surface area contributed by atoms with E-state index in [1.165, 1.54) is 22.8 Å². The van der Waals surface area contributed by atoms with Crippen molar-refractivity contribution in [2.24, 2.45) is 0 Å². The summed E-state index contributed by atoms with van der Waals surface area (Å²) >= 11 is 0. The number of fused-ring (bicyclic) bond motifs is 2. The Balaban J connectivity index is 1.37. The van der Waals surface area contributed by atoms with Gasteiger partial charge in [0.05, 0.1) is 12.2 Å². The Morgan fingerprint density at radius 1 is 1.08 bits per heavy atom. The first-order valence-corrected chi connectivity index (χ1v) is 12.0. The molecule has 9 heteroatoms. The van der Waals surface area contributed by atoms with E-state index in [-0.39, 0.29) is 41.5 Å². The van der Waals surface area contributed by atoms with Crippen LogP contribution < -0.4 is 10.6 Å². The van der Waals surface area contributed by atoms with E-state index < -0.39 is 5.91 Å². The number of amides is 2. The average Bonchev–Trinajstić information content (AvgIpc) is 3.51. The fourth-order valence-electron chi connectivity index (χ4n) is 4.92. The summed E-state index contributed by atoms with van der Waals surface area (Å²) in [5.74, 6) is -1.13. The molecule has 0 radical (unpaired) electrons. The highest BCUT2D eigenvalue weighted by Gasteiger charge is 2.28. The molecule has 0 saturated heterocycles. The molecule has 8 nitrogen and oxygen atoms in total. The quantitative estimate of drug-likeness (QED) is 0.390. The predicted octanol–water partition coefficient (Wildman–Crippen LogP) is 4.04. The maximum absolute atomic E-state index is 13.5. The van der Waals surface area contributed by atoms with Crippen LogP contribution in [-0.2, 0) is 13.0 Å². The van der Waals surface area contributed by atoms with Crippen molar-refractivity contribution in [1.29, 1.82) is 0 Å². The van der Waals surface area contributed by atoms with Crippen LogP contribution in [0.4, 0.5) is 4.39 Å². The maximum atomic E-state index is 13.5. The van der Waals surface area contributed by atoms with Crippen molar-refractivity contribution in [2.45, 2.75) is 46.2 Å². The molecule has 0 aliphatic heterocycles. The van der Waals surface area contributed by atoms with Gasteiger partial charge in [-0.1, -0.05) is 24.3 Å². The zero-order valence-electron chi connectivity index (χ0n) is 20.8. The molecule has 4 aromatic rings. The van der Waals surface area contributed by atoms with Crippen molar-refractivity contribution < 1.29 is 18.8 Å². The second-order valence-electron chi connectivity index (χ2n) is 9.32. The molecule has 0 spiro atoms. The second kappa shape index (κ2) is 9.57. The topological polar surface area (TPSA) is 105 Å². The van der Waals surface area contributed by atoms with Gasteiger partial charge in [0.1, 0.15) is 17.2 Å². The first-order chi connectivity index (χ1) is 17.7. The lowest BCUT2D eigenvalue weighted by Crippen LogP contribution is -2.30. The number of Topliss-reactive ketones (excluding diaryl/α,β-unsaturated/α-hetero) is 1. The van der Waals surface area contributed by atoms with Gasteiger partial charge in [-0.15, -0.1) is 0 Å². The highest BCUT2D eigenvalue weighted by molar-refractivity contribution is 5.99. The highest BCUT2D eigenvalue weighted by Crippen LogP contribution is 2.35. The zero-order chi connectivity index (χ0) is 26.3. The number of carbonyl (C=O) groups is 3. The molecule has 2 heterocycles. The van der Waals surface area contributed by atoms with Crippen LogP contribution in [0.2, 0.25) is 0 Å². The Morgan fingerprint density at radius 2 is 1.89 bits per heavy atom. The van der Waals surface area contributed by atoms with Crippen LogP contribution in [-0.4, -0.2) is 32.2 Å². The number of aromatic nitrogens is 3. The number of ketones is 1. The molecule has 2 aromatic carbocycles. The van der Waals surface area contributed by atoms with Crippen LogP contribution in [0.25, 0.3) is 5.65 Å². The molecule has 1 atom stereocenters. The van der Waals surface area contributed by atoms with Gasteiger partial charge in [-0.25, -0.2) is 13.9 Å². The van der Waals surface area contributed by atoms with Crippen molar-refractivity contribution in [3.8, 4) is 0 Å². The first kappa shape index (κ1) is 24.3. The minimum absolute atomic E-state index is 0.0195. The molecule has 1 aliphatic carbocycles. The van der Waals surface area contributed by atoms with E-state index in [1.54, 1.807) is 32.0 Å². The highest BCUT2D eigenvalue weighted by atomic mass is 19.1. The van der Waals surface area contributed by atoms with Crippen LogP contribution in [0.15, 0.2) is 48.7 Å². The summed E-state index contributed by atoms with van der Waals surface area (Å²) in [5.41, 5.74) is 5.60. The third-order valence-electron chi connectivity index (χ3n) is 6.88. The van der Waals surface area contributed by atoms with Crippen molar-refractivity contribution in [1.82, 2.24) is 25.2 Å². The molecule has 1 aliphatic rings. The van der Waals surface area contributed by atoms with Crippen molar-refractivity contribution in [2.75, 3.05) is 0 Å². The molecule has 0 unspecified atom stereocenters. The Hall–Kier alpha value is -4.40. The van der Waals surface area contributed by atoms with Crippen LogP contribution in [0.1, 0.15) is 78.5 Å². The number of halogens is 1. The van der Waals surface area contributed by atoms with E-state index >= 15 is 0 Å². The number of rotatable bonds is 6. The number of nitrogens with zero attached hydrogens (tertiary/aromatic N) is 3. The monoisotopic (exact) mass is 499 g/mol. The predicted molar refractivity (Wildman–Crippen MR) is 135 cm³/mol. The summed E-state index contributed by atoms with van der Waals surface area (Å²) < 4.78 is 14.9. The molecule has 2 amide bonds. The van der Waals surface area contributed by atoms with Crippen molar-refractivity contribution >= 4 is 23.2 Å². The third-order valence-corrected chi connectivity index (χ3v) is 6.88. The van der Waals surface area contributed by atoms with Gasteiger partial charge in [0.2, 0.25) is 0 Å². The van der Waals surface area contributed by atoms with Gasteiger partial charge >= 0.3 is 0 Å². The lowest BCUT2D eigenvalue weighted by molar-refractivity contribution is 0.0927. The van der Waals surface area contributed by atoms with Gasteiger partial charge in [0, 0.05) is 24.2 Å².